The molecular formula is C24H31Cl2N3O4S. The third kappa shape index (κ3) is 7.61. The van der Waals surface area contributed by atoms with Crippen LogP contribution in [-0.4, -0.2) is 57.1 Å². The van der Waals surface area contributed by atoms with E-state index in [0.29, 0.717) is 19.4 Å². The van der Waals surface area contributed by atoms with Gasteiger partial charge in [-0.1, -0.05) is 73.4 Å². The van der Waals surface area contributed by atoms with E-state index in [9.17, 15) is 18.0 Å². The molecule has 0 aromatic heterocycles. The van der Waals surface area contributed by atoms with E-state index in [1.54, 1.807) is 6.07 Å². The lowest BCUT2D eigenvalue weighted by Gasteiger charge is -2.33. The van der Waals surface area contributed by atoms with E-state index in [1.165, 1.54) is 17.0 Å². The fourth-order valence-electron chi connectivity index (χ4n) is 3.54. The molecule has 7 nitrogen and oxygen atoms in total. The van der Waals surface area contributed by atoms with Crippen LogP contribution in [0.4, 0.5) is 5.69 Å². The minimum Gasteiger partial charge on any atom is -0.354 e. The molecule has 0 bridgehead atoms. The Morgan fingerprint density at radius 2 is 1.71 bits per heavy atom. The molecule has 0 unspecified atom stereocenters. The Morgan fingerprint density at radius 3 is 2.29 bits per heavy atom. The number of sulfonamides is 1. The minimum atomic E-state index is -3.88. The van der Waals surface area contributed by atoms with Gasteiger partial charge in [0.2, 0.25) is 21.8 Å². The summed E-state index contributed by atoms with van der Waals surface area (Å²) in [5.74, 6) is -0.770. The number of nitrogens with one attached hydrogen (secondary N) is 1. The highest BCUT2D eigenvalue weighted by atomic mass is 35.5. The fraction of sp³-hybridized carbons (Fsp3) is 0.417. The zero-order chi connectivity index (χ0) is 25.3. The molecule has 0 aliphatic rings. The molecule has 1 N–H and O–H groups in total. The van der Waals surface area contributed by atoms with Gasteiger partial charge in [-0.25, -0.2) is 8.42 Å². The van der Waals surface area contributed by atoms with Crippen LogP contribution in [-0.2, 0) is 26.0 Å². The highest BCUT2D eigenvalue weighted by Crippen LogP contribution is 2.33. The molecule has 2 amide bonds. The van der Waals surface area contributed by atoms with Crippen LogP contribution in [0.3, 0.4) is 0 Å². The van der Waals surface area contributed by atoms with Crippen LogP contribution in [0.1, 0.15) is 32.3 Å². The molecule has 34 heavy (non-hydrogen) atoms. The molecule has 186 valence electrons. The molecule has 0 saturated heterocycles. The van der Waals surface area contributed by atoms with Crippen molar-refractivity contribution in [1.82, 2.24) is 10.2 Å². The molecule has 1 atom stereocenters. The van der Waals surface area contributed by atoms with Gasteiger partial charge in [0, 0.05) is 13.1 Å². The summed E-state index contributed by atoms with van der Waals surface area (Å²) in [6.07, 6.45) is 2.65. The van der Waals surface area contributed by atoms with Crippen molar-refractivity contribution in [3.8, 4) is 0 Å². The lowest BCUT2D eigenvalue weighted by molar-refractivity contribution is -0.139. The van der Waals surface area contributed by atoms with E-state index in [-0.39, 0.29) is 28.2 Å². The number of benzene rings is 2. The largest absolute Gasteiger partial charge is 0.354 e. The first-order chi connectivity index (χ1) is 16.1. The summed E-state index contributed by atoms with van der Waals surface area (Å²) in [5.41, 5.74) is 1.11. The van der Waals surface area contributed by atoms with Gasteiger partial charge in [-0.3, -0.25) is 13.9 Å². The number of hydrogen-bond acceptors (Lipinski definition) is 4. The molecule has 0 saturated carbocycles. The zero-order valence-electron chi connectivity index (χ0n) is 19.6. The predicted octanol–water partition coefficient (Wildman–Crippen LogP) is 4.14. The molecule has 2 aromatic carbocycles. The van der Waals surface area contributed by atoms with Gasteiger partial charge in [-0.2, -0.15) is 0 Å². The smallest absolute Gasteiger partial charge is 0.244 e. The maximum absolute atomic E-state index is 13.5. The van der Waals surface area contributed by atoms with Crippen molar-refractivity contribution in [3.63, 3.8) is 0 Å². The summed E-state index contributed by atoms with van der Waals surface area (Å²) < 4.78 is 26.2. The average Bonchev–Trinajstić information content (AvgIpc) is 2.80. The van der Waals surface area contributed by atoms with Crippen molar-refractivity contribution in [2.24, 2.45) is 0 Å². The Kier molecular flexibility index (Phi) is 10.7. The number of rotatable bonds is 12. The van der Waals surface area contributed by atoms with Crippen molar-refractivity contribution in [1.29, 1.82) is 0 Å². The number of nitrogens with zero attached hydrogens (tertiary/aromatic N) is 2. The van der Waals surface area contributed by atoms with Crippen molar-refractivity contribution >= 4 is 50.7 Å². The highest BCUT2D eigenvalue weighted by Gasteiger charge is 2.32. The fourth-order valence-corrected chi connectivity index (χ4v) is 4.84. The first kappa shape index (κ1) is 28.0. The van der Waals surface area contributed by atoms with E-state index in [4.69, 9.17) is 23.2 Å². The lowest BCUT2D eigenvalue weighted by Crippen LogP contribution is -2.53. The number of halogens is 2. The first-order valence-electron chi connectivity index (χ1n) is 11.1. The molecule has 0 spiro atoms. The summed E-state index contributed by atoms with van der Waals surface area (Å²) in [7, 11) is -3.88. The molecule has 0 aliphatic heterocycles. The van der Waals surface area contributed by atoms with Gasteiger partial charge in [0.1, 0.15) is 12.6 Å². The Balaban J connectivity index is 2.38. The number of carbonyl (C=O) groups excluding carboxylic acids is 2. The van der Waals surface area contributed by atoms with Gasteiger partial charge in [-0.15, -0.1) is 0 Å². The van der Waals surface area contributed by atoms with E-state index >= 15 is 0 Å². The number of anilines is 1. The molecule has 0 radical (unpaired) electrons. The van der Waals surface area contributed by atoms with E-state index < -0.39 is 28.5 Å². The average molecular weight is 529 g/mol. The maximum Gasteiger partial charge on any atom is 0.244 e. The number of carbonyl (C=O) groups is 2. The maximum atomic E-state index is 13.5. The van der Waals surface area contributed by atoms with Crippen molar-refractivity contribution < 1.29 is 18.0 Å². The van der Waals surface area contributed by atoms with Crippen LogP contribution in [0.5, 0.6) is 0 Å². The quantitative estimate of drug-likeness (QED) is 0.449. The van der Waals surface area contributed by atoms with E-state index in [2.05, 4.69) is 5.32 Å². The summed E-state index contributed by atoms with van der Waals surface area (Å²) in [6, 6.07) is 13.4. The molecule has 0 heterocycles. The topological polar surface area (TPSA) is 86.8 Å². The van der Waals surface area contributed by atoms with E-state index in [1.807, 2.05) is 44.2 Å². The number of hydrogen-bond donors (Lipinski definition) is 1. The third-order valence-corrected chi connectivity index (χ3v) is 7.23. The van der Waals surface area contributed by atoms with Gasteiger partial charge in [-0.05, 0) is 37.0 Å². The molecular weight excluding hydrogens is 497 g/mol. The van der Waals surface area contributed by atoms with Crippen LogP contribution >= 0.6 is 23.2 Å². The predicted molar refractivity (Wildman–Crippen MR) is 138 cm³/mol. The van der Waals surface area contributed by atoms with Crippen LogP contribution in [0.25, 0.3) is 0 Å². The summed E-state index contributed by atoms with van der Waals surface area (Å²) in [5, 5.41) is 3.05. The normalized spacial score (nSPS) is 12.1. The summed E-state index contributed by atoms with van der Waals surface area (Å²) >= 11 is 12.4. The van der Waals surface area contributed by atoms with Crippen molar-refractivity contribution in [2.45, 2.75) is 39.2 Å². The second-order valence-corrected chi connectivity index (χ2v) is 10.6. The second-order valence-electron chi connectivity index (χ2n) is 7.88. The van der Waals surface area contributed by atoms with Gasteiger partial charge in [0.15, 0.2) is 0 Å². The third-order valence-electron chi connectivity index (χ3n) is 5.30. The van der Waals surface area contributed by atoms with Crippen LogP contribution < -0.4 is 9.62 Å². The van der Waals surface area contributed by atoms with Crippen LogP contribution in [0, 0.1) is 0 Å². The highest BCUT2D eigenvalue weighted by molar-refractivity contribution is 7.92. The monoisotopic (exact) mass is 527 g/mol. The Labute approximate surface area is 212 Å². The Hall–Kier alpha value is -2.29. The van der Waals surface area contributed by atoms with Crippen LogP contribution in [0.15, 0.2) is 48.5 Å². The molecule has 2 aromatic rings. The molecule has 0 aliphatic carbocycles. The standard InChI is InChI=1S/C24H31Cl2N3O4S/c1-4-15-27-24(31)20(5-2)28(16-14-18-10-7-6-8-11-18)22(30)17-29(34(3,32)33)21-13-9-12-19(25)23(21)26/h6-13,20H,4-5,14-17H2,1-3H3,(H,27,31)/t20-/m0/s1. The first-order valence-corrected chi connectivity index (χ1v) is 13.7. The SMILES string of the molecule is CCCNC(=O)[C@H](CC)N(CCc1ccccc1)C(=O)CN(c1cccc(Cl)c1Cl)S(C)(=O)=O. The summed E-state index contributed by atoms with van der Waals surface area (Å²) in [6.45, 7) is 4.00. The van der Waals surface area contributed by atoms with Gasteiger partial charge in [0.05, 0.1) is 22.0 Å². The lowest BCUT2D eigenvalue weighted by atomic mass is 10.1. The molecule has 10 heteroatoms. The van der Waals surface area contributed by atoms with Crippen molar-refractivity contribution in [3.05, 3.63) is 64.1 Å². The Morgan fingerprint density at radius 1 is 1.03 bits per heavy atom. The molecule has 0 fully saturated rings. The Bertz CT molecular complexity index is 1080. The van der Waals surface area contributed by atoms with Gasteiger partial charge < -0.3 is 10.2 Å². The zero-order valence-corrected chi connectivity index (χ0v) is 22.0. The minimum absolute atomic E-state index is 0.0333. The van der Waals surface area contributed by atoms with Gasteiger partial charge >= 0.3 is 0 Å². The van der Waals surface area contributed by atoms with E-state index in [0.717, 1.165) is 22.5 Å². The number of amides is 2. The summed E-state index contributed by atoms with van der Waals surface area (Å²) in [4.78, 5) is 27.9. The molecule has 2 rings (SSSR count). The van der Waals surface area contributed by atoms with Crippen LogP contribution in [0.2, 0.25) is 10.0 Å². The van der Waals surface area contributed by atoms with Gasteiger partial charge in [0.25, 0.3) is 0 Å². The second kappa shape index (κ2) is 13.0. The van der Waals surface area contributed by atoms with Crippen molar-refractivity contribution in [2.75, 3.05) is 30.2 Å².